The standard InChI is InChI=1S/C18H21N3O2S/c19-11-13-5-8-21(9-6-13)18(23)15-3-1-2-4-16(15)20-17(22)14-7-10-24-12-14/h1-4,7,10,12-13H,5-6,8-9,11,19H2,(H,20,22). The van der Waals surface area contributed by atoms with E-state index in [1.807, 2.05) is 22.4 Å². The van der Waals surface area contributed by atoms with Crippen LogP contribution in [0.1, 0.15) is 33.6 Å². The van der Waals surface area contributed by atoms with Crippen molar-refractivity contribution in [2.45, 2.75) is 12.8 Å². The fourth-order valence-electron chi connectivity index (χ4n) is 2.91. The van der Waals surface area contributed by atoms with Gasteiger partial charge in [-0.3, -0.25) is 9.59 Å². The Bertz CT molecular complexity index is 707. The summed E-state index contributed by atoms with van der Waals surface area (Å²) in [6.45, 7) is 2.11. The van der Waals surface area contributed by atoms with Gasteiger partial charge in [0.15, 0.2) is 0 Å². The Hall–Kier alpha value is -2.18. The van der Waals surface area contributed by atoms with Crippen LogP contribution in [0.4, 0.5) is 5.69 Å². The molecule has 0 saturated carbocycles. The highest BCUT2D eigenvalue weighted by Crippen LogP contribution is 2.22. The average Bonchev–Trinajstić information content (AvgIpc) is 3.16. The molecule has 126 valence electrons. The highest BCUT2D eigenvalue weighted by atomic mass is 32.1. The number of carbonyl (C=O) groups is 2. The first-order chi connectivity index (χ1) is 11.7. The topological polar surface area (TPSA) is 75.4 Å². The van der Waals surface area contributed by atoms with Gasteiger partial charge in [0.2, 0.25) is 0 Å². The predicted octanol–water partition coefficient (Wildman–Crippen LogP) is 2.81. The molecular weight excluding hydrogens is 322 g/mol. The van der Waals surface area contributed by atoms with E-state index < -0.39 is 0 Å². The Balaban J connectivity index is 1.74. The molecule has 1 fully saturated rings. The largest absolute Gasteiger partial charge is 0.339 e. The van der Waals surface area contributed by atoms with Crippen molar-refractivity contribution in [2.24, 2.45) is 11.7 Å². The third-order valence-electron chi connectivity index (χ3n) is 4.42. The second-order valence-electron chi connectivity index (χ2n) is 5.98. The molecule has 5 nitrogen and oxygen atoms in total. The van der Waals surface area contributed by atoms with Gasteiger partial charge in [-0.1, -0.05) is 12.1 Å². The predicted molar refractivity (Wildman–Crippen MR) is 96.4 cm³/mol. The van der Waals surface area contributed by atoms with Crippen LogP contribution in [0, 0.1) is 5.92 Å². The molecule has 3 rings (SSSR count). The van der Waals surface area contributed by atoms with Gasteiger partial charge in [-0.25, -0.2) is 0 Å². The number of thiophene rings is 1. The van der Waals surface area contributed by atoms with Crippen molar-refractivity contribution in [3.8, 4) is 0 Å². The fraction of sp³-hybridized carbons (Fsp3) is 0.333. The Labute approximate surface area is 145 Å². The van der Waals surface area contributed by atoms with E-state index in [-0.39, 0.29) is 11.8 Å². The zero-order valence-electron chi connectivity index (χ0n) is 13.4. The zero-order chi connectivity index (χ0) is 16.9. The normalized spacial score (nSPS) is 15.3. The Morgan fingerprint density at radius 1 is 1.21 bits per heavy atom. The molecule has 0 aliphatic carbocycles. The molecule has 0 atom stereocenters. The zero-order valence-corrected chi connectivity index (χ0v) is 14.2. The molecule has 1 aliphatic heterocycles. The van der Waals surface area contributed by atoms with Crippen molar-refractivity contribution in [3.63, 3.8) is 0 Å². The quantitative estimate of drug-likeness (QED) is 0.896. The molecule has 1 aromatic carbocycles. The molecule has 0 spiro atoms. The van der Waals surface area contributed by atoms with E-state index in [0.29, 0.717) is 42.4 Å². The van der Waals surface area contributed by atoms with Crippen LogP contribution in [0.25, 0.3) is 0 Å². The van der Waals surface area contributed by atoms with Crippen LogP contribution >= 0.6 is 11.3 Å². The number of likely N-dealkylation sites (tertiary alicyclic amines) is 1. The summed E-state index contributed by atoms with van der Waals surface area (Å²) in [6, 6.07) is 8.94. The third kappa shape index (κ3) is 3.66. The van der Waals surface area contributed by atoms with Gasteiger partial charge in [0.05, 0.1) is 16.8 Å². The number of hydrogen-bond donors (Lipinski definition) is 2. The van der Waals surface area contributed by atoms with Crippen LogP contribution < -0.4 is 11.1 Å². The SMILES string of the molecule is NCC1CCN(C(=O)c2ccccc2NC(=O)c2ccsc2)CC1. The molecule has 1 aliphatic rings. The molecule has 2 heterocycles. The highest BCUT2D eigenvalue weighted by Gasteiger charge is 2.24. The van der Waals surface area contributed by atoms with Crippen LogP contribution in [0.3, 0.4) is 0 Å². The molecule has 2 amide bonds. The molecule has 0 bridgehead atoms. The summed E-state index contributed by atoms with van der Waals surface area (Å²) in [5.41, 5.74) is 7.40. The number of piperidine rings is 1. The lowest BCUT2D eigenvalue weighted by atomic mass is 9.96. The maximum Gasteiger partial charge on any atom is 0.256 e. The third-order valence-corrected chi connectivity index (χ3v) is 5.11. The van der Waals surface area contributed by atoms with Gasteiger partial charge in [0.25, 0.3) is 11.8 Å². The lowest BCUT2D eigenvalue weighted by molar-refractivity contribution is 0.0694. The molecule has 24 heavy (non-hydrogen) atoms. The van der Waals surface area contributed by atoms with E-state index in [2.05, 4.69) is 5.32 Å². The van der Waals surface area contributed by atoms with E-state index in [1.165, 1.54) is 11.3 Å². The summed E-state index contributed by atoms with van der Waals surface area (Å²) in [5, 5.41) is 6.50. The van der Waals surface area contributed by atoms with Crippen LogP contribution in [0.2, 0.25) is 0 Å². The maximum absolute atomic E-state index is 12.8. The molecule has 1 aromatic heterocycles. The van der Waals surface area contributed by atoms with Gasteiger partial charge in [-0.2, -0.15) is 11.3 Å². The van der Waals surface area contributed by atoms with E-state index in [4.69, 9.17) is 5.73 Å². The number of nitrogens with two attached hydrogens (primary N) is 1. The number of anilines is 1. The number of rotatable bonds is 4. The minimum atomic E-state index is -0.196. The molecule has 1 saturated heterocycles. The molecule has 2 aromatic rings. The Morgan fingerprint density at radius 3 is 2.62 bits per heavy atom. The second-order valence-corrected chi connectivity index (χ2v) is 6.76. The summed E-state index contributed by atoms with van der Waals surface area (Å²) in [4.78, 5) is 26.9. The van der Waals surface area contributed by atoms with Crippen molar-refractivity contribution >= 4 is 28.8 Å². The second kappa shape index (κ2) is 7.59. The number of nitrogens with one attached hydrogen (secondary N) is 1. The van der Waals surface area contributed by atoms with Gasteiger partial charge in [0, 0.05) is 18.5 Å². The van der Waals surface area contributed by atoms with Crippen LogP contribution in [0.15, 0.2) is 41.1 Å². The summed E-state index contributed by atoms with van der Waals surface area (Å²) >= 11 is 1.47. The van der Waals surface area contributed by atoms with Crippen molar-refractivity contribution in [3.05, 3.63) is 52.2 Å². The molecule has 0 radical (unpaired) electrons. The Morgan fingerprint density at radius 2 is 1.96 bits per heavy atom. The lowest BCUT2D eigenvalue weighted by Crippen LogP contribution is -2.40. The number of nitrogens with zero attached hydrogens (tertiary/aromatic N) is 1. The monoisotopic (exact) mass is 343 g/mol. The number of para-hydroxylation sites is 1. The van der Waals surface area contributed by atoms with Gasteiger partial charge < -0.3 is 16.0 Å². The maximum atomic E-state index is 12.8. The first-order valence-electron chi connectivity index (χ1n) is 8.11. The Kier molecular flexibility index (Phi) is 5.27. The highest BCUT2D eigenvalue weighted by molar-refractivity contribution is 7.08. The lowest BCUT2D eigenvalue weighted by Gasteiger charge is -2.31. The first kappa shape index (κ1) is 16.7. The number of benzene rings is 1. The summed E-state index contributed by atoms with van der Waals surface area (Å²) in [6.07, 6.45) is 1.87. The number of amides is 2. The molecule has 0 unspecified atom stereocenters. The fourth-order valence-corrected chi connectivity index (χ4v) is 3.54. The number of carbonyl (C=O) groups excluding carboxylic acids is 2. The minimum Gasteiger partial charge on any atom is -0.339 e. The van der Waals surface area contributed by atoms with Gasteiger partial charge in [0.1, 0.15) is 0 Å². The summed E-state index contributed by atoms with van der Waals surface area (Å²) in [7, 11) is 0. The van der Waals surface area contributed by atoms with E-state index >= 15 is 0 Å². The van der Waals surface area contributed by atoms with E-state index in [1.54, 1.807) is 23.6 Å². The van der Waals surface area contributed by atoms with Crippen LogP contribution in [0.5, 0.6) is 0 Å². The van der Waals surface area contributed by atoms with Crippen molar-refractivity contribution in [2.75, 3.05) is 25.0 Å². The van der Waals surface area contributed by atoms with E-state index in [0.717, 1.165) is 12.8 Å². The summed E-state index contributed by atoms with van der Waals surface area (Å²) < 4.78 is 0. The van der Waals surface area contributed by atoms with Gasteiger partial charge in [-0.05, 0) is 48.9 Å². The van der Waals surface area contributed by atoms with Gasteiger partial charge >= 0.3 is 0 Å². The van der Waals surface area contributed by atoms with Crippen LogP contribution in [-0.2, 0) is 0 Å². The average molecular weight is 343 g/mol. The van der Waals surface area contributed by atoms with Crippen molar-refractivity contribution < 1.29 is 9.59 Å². The smallest absolute Gasteiger partial charge is 0.256 e. The minimum absolute atomic E-state index is 0.0355. The van der Waals surface area contributed by atoms with Crippen LogP contribution in [-0.4, -0.2) is 36.3 Å². The van der Waals surface area contributed by atoms with E-state index in [9.17, 15) is 9.59 Å². The van der Waals surface area contributed by atoms with Gasteiger partial charge in [-0.15, -0.1) is 0 Å². The van der Waals surface area contributed by atoms with Crippen molar-refractivity contribution in [1.29, 1.82) is 0 Å². The first-order valence-corrected chi connectivity index (χ1v) is 9.05. The van der Waals surface area contributed by atoms with Crippen molar-refractivity contribution in [1.82, 2.24) is 4.90 Å². The summed E-state index contributed by atoms with van der Waals surface area (Å²) in [5.74, 6) is 0.271. The number of hydrogen-bond acceptors (Lipinski definition) is 4. The molecular formula is C18H21N3O2S. The molecule has 3 N–H and O–H groups in total. The molecule has 6 heteroatoms.